The fourth-order valence-corrected chi connectivity index (χ4v) is 4.52. The first-order valence-corrected chi connectivity index (χ1v) is 11.5. The molecule has 2 aromatic carbocycles. The molecule has 1 aliphatic carbocycles. The van der Waals surface area contributed by atoms with E-state index in [1.165, 1.54) is 18.2 Å². The molecule has 35 heavy (non-hydrogen) atoms. The van der Waals surface area contributed by atoms with E-state index in [1.807, 2.05) is 0 Å². The van der Waals surface area contributed by atoms with E-state index in [1.54, 1.807) is 0 Å². The molecular formula is C23H16BrClF5N3O2. The second-order valence-electron chi connectivity index (χ2n) is 7.80. The third-order valence-electron chi connectivity index (χ3n) is 5.36. The molecule has 5 nitrogen and oxygen atoms in total. The van der Waals surface area contributed by atoms with Gasteiger partial charge in [0.2, 0.25) is 0 Å². The molecule has 1 N–H and O–H groups in total. The predicted octanol–water partition coefficient (Wildman–Crippen LogP) is 6.71. The predicted molar refractivity (Wildman–Crippen MR) is 121 cm³/mol. The number of benzene rings is 2. The molecular weight excluding hydrogens is 561 g/mol. The summed E-state index contributed by atoms with van der Waals surface area (Å²) in [6, 6.07) is 7.87. The lowest BCUT2D eigenvalue weighted by Gasteiger charge is -2.20. The van der Waals surface area contributed by atoms with Crippen LogP contribution in [0.1, 0.15) is 39.2 Å². The zero-order chi connectivity index (χ0) is 25.4. The lowest BCUT2D eigenvalue weighted by Crippen LogP contribution is -2.36. The van der Waals surface area contributed by atoms with Crippen LogP contribution in [0.25, 0.3) is 0 Å². The van der Waals surface area contributed by atoms with Gasteiger partial charge < -0.3 is 10.1 Å². The van der Waals surface area contributed by atoms with Crippen LogP contribution in [-0.2, 0) is 24.9 Å². The fourth-order valence-electron chi connectivity index (χ4n) is 3.71. The van der Waals surface area contributed by atoms with Crippen molar-refractivity contribution >= 4 is 33.4 Å². The number of amides is 1. The number of fused-ring (bicyclic) bond motifs is 1. The maximum Gasteiger partial charge on any atom is 0.416 e. The largest absolute Gasteiger partial charge is 0.437 e. The minimum absolute atomic E-state index is 0.136. The zero-order valence-electron chi connectivity index (χ0n) is 17.7. The Morgan fingerprint density at radius 3 is 2.57 bits per heavy atom. The van der Waals surface area contributed by atoms with Gasteiger partial charge in [-0.25, -0.2) is 0 Å². The summed E-state index contributed by atoms with van der Waals surface area (Å²) in [5.41, 5.74) is -0.594. The standard InChI is InChI=1S/C23H16BrClF5N3O2/c24-13-7-8-16(17(25)10-13)22(26,27)11-31-20(34)19-15-5-2-6-18(15)32-33-21(19)35-14-4-1-3-12(9-14)23(28,29)30/h1,3-4,7-10H,2,5-6,11H2,(H,31,34). The van der Waals surface area contributed by atoms with Gasteiger partial charge in [0.15, 0.2) is 0 Å². The van der Waals surface area contributed by atoms with Crippen molar-refractivity contribution in [1.82, 2.24) is 15.5 Å². The van der Waals surface area contributed by atoms with Crippen molar-refractivity contribution in [2.24, 2.45) is 0 Å². The van der Waals surface area contributed by atoms with Crippen molar-refractivity contribution in [2.75, 3.05) is 6.54 Å². The second kappa shape index (κ2) is 9.69. The molecule has 0 fully saturated rings. The summed E-state index contributed by atoms with van der Waals surface area (Å²) in [6.07, 6.45) is -3.01. The summed E-state index contributed by atoms with van der Waals surface area (Å²) < 4.78 is 74.8. The van der Waals surface area contributed by atoms with Crippen molar-refractivity contribution in [2.45, 2.75) is 31.4 Å². The molecule has 1 amide bonds. The molecule has 0 saturated carbocycles. The Morgan fingerprint density at radius 2 is 1.86 bits per heavy atom. The van der Waals surface area contributed by atoms with Gasteiger partial charge in [0.05, 0.1) is 22.8 Å². The molecule has 0 atom stereocenters. The number of rotatable bonds is 6. The number of nitrogens with one attached hydrogen (secondary N) is 1. The Labute approximate surface area is 209 Å². The normalized spacial score (nSPS) is 13.5. The van der Waals surface area contributed by atoms with E-state index in [0.717, 1.165) is 24.3 Å². The van der Waals surface area contributed by atoms with Crippen LogP contribution in [0.5, 0.6) is 11.6 Å². The average molecular weight is 577 g/mol. The average Bonchev–Trinajstić information content (AvgIpc) is 3.25. The van der Waals surface area contributed by atoms with Gasteiger partial charge in [-0.15, -0.1) is 5.10 Å². The van der Waals surface area contributed by atoms with E-state index >= 15 is 0 Å². The van der Waals surface area contributed by atoms with E-state index in [2.05, 4.69) is 31.4 Å². The van der Waals surface area contributed by atoms with Crippen LogP contribution in [0.2, 0.25) is 5.02 Å². The van der Waals surface area contributed by atoms with Crippen molar-refractivity contribution in [3.05, 3.63) is 79.9 Å². The number of ether oxygens (including phenoxy) is 1. The minimum Gasteiger partial charge on any atom is -0.437 e. The molecule has 184 valence electrons. The number of carbonyl (C=O) groups excluding carboxylic acids is 1. The number of hydrogen-bond acceptors (Lipinski definition) is 4. The molecule has 1 aliphatic rings. The second-order valence-corrected chi connectivity index (χ2v) is 9.12. The third-order valence-corrected chi connectivity index (χ3v) is 6.17. The number of nitrogens with zero attached hydrogens (tertiary/aromatic N) is 2. The van der Waals surface area contributed by atoms with Gasteiger partial charge in [-0.1, -0.05) is 39.7 Å². The van der Waals surface area contributed by atoms with Crippen molar-refractivity contribution in [3.8, 4) is 11.6 Å². The molecule has 1 aromatic heterocycles. The summed E-state index contributed by atoms with van der Waals surface area (Å²) >= 11 is 9.09. The quantitative estimate of drug-likeness (QED) is 0.331. The number of aryl methyl sites for hydroxylation is 1. The minimum atomic E-state index is -4.61. The van der Waals surface area contributed by atoms with Gasteiger partial charge in [-0.3, -0.25) is 4.79 Å². The zero-order valence-corrected chi connectivity index (χ0v) is 20.1. The summed E-state index contributed by atoms with van der Waals surface area (Å²) in [5.74, 6) is -5.01. The topological polar surface area (TPSA) is 64.1 Å². The van der Waals surface area contributed by atoms with Crippen LogP contribution >= 0.6 is 27.5 Å². The lowest BCUT2D eigenvalue weighted by molar-refractivity contribution is -0.137. The van der Waals surface area contributed by atoms with Crippen LogP contribution in [-0.4, -0.2) is 22.6 Å². The molecule has 3 aromatic rings. The number of aromatic nitrogens is 2. The van der Waals surface area contributed by atoms with E-state index in [9.17, 15) is 26.7 Å². The Kier molecular flexibility index (Phi) is 7.01. The molecule has 12 heteroatoms. The number of alkyl halides is 5. The molecule has 4 rings (SSSR count). The van der Waals surface area contributed by atoms with Crippen LogP contribution in [0, 0.1) is 0 Å². The Morgan fingerprint density at radius 1 is 1.09 bits per heavy atom. The molecule has 0 spiro atoms. The van der Waals surface area contributed by atoms with Gasteiger partial charge in [-0.05, 0) is 55.2 Å². The van der Waals surface area contributed by atoms with E-state index < -0.39 is 35.7 Å². The molecule has 0 radical (unpaired) electrons. The maximum absolute atomic E-state index is 14.8. The third kappa shape index (κ3) is 5.56. The Balaban J connectivity index is 1.62. The van der Waals surface area contributed by atoms with E-state index in [-0.39, 0.29) is 22.2 Å². The highest BCUT2D eigenvalue weighted by Gasteiger charge is 2.36. The maximum atomic E-state index is 14.8. The van der Waals surface area contributed by atoms with Gasteiger partial charge in [0, 0.05) is 10.0 Å². The van der Waals surface area contributed by atoms with Crippen molar-refractivity contribution in [1.29, 1.82) is 0 Å². The van der Waals surface area contributed by atoms with Gasteiger partial charge in [-0.2, -0.15) is 27.1 Å². The fraction of sp³-hybridized carbons (Fsp3) is 0.261. The summed E-state index contributed by atoms with van der Waals surface area (Å²) in [4.78, 5) is 13.0. The summed E-state index contributed by atoms with van der Waals surface area (Å²) in [7, 11) is 0. The Hall–Kier alpha value is -2.79. The molecule has 0 bridgehead atoms. The molecule has 1 heterocycles. The highest BCUT2D eigenvalue weighted by atomic mass is 79.9. The van der Waals surface area contributed by atoms with Crippen molar-refractivity contribution < 1.29 is 31.5 Å². The highest BCUT2D eigenvalue weighted by Crippen LogP contribution is 2.36. The lowest BCUT2D eigenvalue weighted by atomic mass is 10.1. The van der Waals surface area contributed by atoms with Gasteiger partial charge in [0.25, 0.3) is 17.7 Å². The SMILES string of the molecule is O=C(NCC(F)(F)c1ccc(Br)cc1Cl)c1c(Oc2cccc(C(F)(F)F)c2)nnc2c1CCC2. The van der Waals surface area contributed by atoms with Crippen molar-refractivity contribution in [3.63, 3.8) is 0 Å². The van der Waals surface area contributed by atoms with Gasteiger partial charge >= 0.3 is 6.18 Å². The van der Waals surface area contributed by atoms with Crippen LogP contribution in [0.4, 0.5) is 22.0 Å². The van der Waals surface area contributed by atoms with Gasteiger partial charge in [0.1, 0.15) is 11.3 Å². The number of halogens is 7. The van der Waals surface area contributed by atoms with Crippen LogP contribution < -0.4 is 10.1 Å². The summed E-state index contributed by atoms with van der Waals surface area (Å²) in [5, 5.41) is 9.86. The number of carbonyl (C=O) groups is 1. The monoisotopic (exact) mass is 575 g/mol. The highest BCUT2D eigenvalue weighted by molar-refractivity contribution is 9.10. The van der Waals surface area contributed by atoms with E-state index in [0.29, 0.717) is 35.0 Å². The first-order valence-electron chi connectivity index (χ1n) is 10.3. The van der Waals surface area contributed by atoms with Crippen LogP contribution in [0.3, 0.4) is 0 Å². The molecule has 0 aliphatic heterocycles. The smallest absolute Gasteiger partial charge is 0.416 e. The summed E-state index contributed by atoms with van der Waals surface area (Å²) in [6.45, 7) is -1.08. The van der Waals surface area contributed by atoms with Crippen LogP contribution in [0.15, 0.2) is 46.9 Å². The first-order chi connectivity index (χ1) is 16.5. The molecule has 0 unspecified atom stereocenters. The first kappa shape index (κ1) is 25.3. The van der Waals surface area contributed by atoms with E-state index in [4.69, 9.17) is 16.3 Å². The number of hydrogen-bond donors (Lipinski definition) is 1. The Bertz CT molecular complexity index is 1290. The molecule has 0 saturated heterocycles.